The summed E-state index contributed by atoms with van der Waals surface area (Å²) in [5.41, 5.74) is 8.23. The Kier molecular flexibility index (Phi) is 3.66. The van der Waals surface area contributed by atoms with E-state index in [9.17, 15) is 9.18 Å². The normalized spacial score (nSPS) is 15.9. The highest BCUT2D eigenvalue weighted by Gasteiger charge is 2.20. The Morgan fingerprint density at radius 2 is 1.86 bits per heavy atom. The molecule has 0 aromatic heterocycles. The lowest BCUT2D eigenvalue weighted by molar-refractivity contribution is -0.112. The van der Waals surface area contributed by atoms with E-state index < -0.39 is 5.91 Å². The van der Waals surface area contributed by atoms with Crippen molar-refractivity contribution >= 4 is 28.9 Å². The molecule has 0 saturated heterocycles. The minimum Gasteiger partial charge on any atom is -0.366 e. The maximum atomic E-state index is 13.0. The Labute approximate surface area is 126 Å². The van der Waals surface area contributed by atoms with E-state index in [1.807, 2.05) is 24.3 Å². The smallest absolute Gasteiger partial charge is 0.251 e. The number of primary amides is 1. The van der Waals surface area contributed by atoms with Crippen LogP contribution in [-0.4, -0.2) is 11.7 Å². The number of anilines is 1. The van der Waals surface area contributed by atoms with Crippen LogP contribution in [0.25, 0.3) is 5.57 Å². The van der Waals surface area contributed by atoms with Crippen LogP contribution in [0.5, 0.6) is 0 Å². The van der Waals surface area contributed by atoms with Gasteiger partial charge in [-0.1, -0.05) is 24.3 Å². The van der Waals surface area contributed by atoms with E-state index in [0.717, 1.165) is 16.3 Å². The summed E-state index contributed by atoms with van der Waals surface area (Å²) in [7, 11) is 0. The van der Waals surface area contributed by atoms with E-state index in [4.69, 9.17) is 5.73 Å². The molecule has 2 aromatic rings. The average Bonchev–Trinajstić information content (AvgIpc) is 2.49. The van der Waals surface area contributed by atoms with Crippen LogP contribution >= 0.6 is 11.8 Å². The summed E-state index contributed by atoms with van der Waals surface area (Å²) in [6.07, 6.45) is 0. The number of amides is 1. The van der Waals surface area contributed by atoms with E-state index in [1.54, 1.807) is 23.9 Å². The third-order valence-corrected chi connectivity index (χ3v) is 4.33. The van der Waals surface area contributed by atoms with Gasteiger partial charge in [0.05, 0.1) is 11.3 Å². The van der Waals surface area contributed by atoms with E-state index in [1.165, 1.54) is 12.1 Å². The molecule has 21 heavy (non-hydrogen) atoms. The van der Waals surface area contributed by atoms with Crippen LogP contribution in [0.2, 0.25) is 0 Å². The van der Waals surface area contributed by atoms with Crippen molar-refractivity contribution in [2.45, 2.75) is 4.90 Å². The van der Waals surface area contributed by atoms with Gasteiger partial charge in [0.15, 0.2) is 0 Å². The Balaban J connectivity index is 2.05. The maximum absolute atomic E-state index is 13.0. The number of fused-ring (bicyclic) bond motifs is 1. The number of nitrogens with one attached hydrogen (secondary N) is 1. The van der Waals surface area contributed by atoms with Crippen molar-refractivity contribution in [1.29, 1.82) is 0 Å². The Bertz CT molecular complexity index is 725. The van der Waals surface area contributed by atoms with Gasteiger partial charge in [-0.2, -0.15) is 0 Å². The summed E-state index contributed by atoms with van der Waals surface area (Å²) in [5.74, 6) is -0.250. The molecule has 2 aromatic carbocycles. The second kappa shape index (κ2) is 5.61. The molecule has 3 rings (SSSR count). The van der Waals surface area contributed by atoms with Gasteiger partial charge >= 0.3 is 0 Å². The number of nitrogens with two attached hydrogens (primary N) is 1. The van der Waals surface area contributed by atoms with Crippen molar-refractivity contribution in [3.63, 3.8) is 0 Å². The monoisotopic (exact) mass is 300 g/mol. The molecule has 5 heteroatoms. The number of thioether (sulfide) groups is 1. The Morgan fingerprint density at radius 1 is 1.14 bits per heavy atom. The number of carbonyl (C=O) groups excluding carboxylic acids is 1. The summed E-state index contributed by atoms with van der Waals surface area (Å²) < 4.78 is 13.0. The molecule has 1 aliphatic rings. The number of carbonyl (C=O) groups is 1. The molecule has 1 aliphatic heterocycles. The molecule has 0 spiro atoms. The van der Waals surface area contributed by atoms with Gasteiger partial charge in [-0.25, -0.2) is 4.39 Å². The molecule has 1 heterocycles. The topological polar surface area (TPSA) is 55.1 Å². The zero-order chi connectivity index (χ0) is 14.8. The molecule has 0 unspecified atom stereocenters. The van der Waals surface area contributed by atoms with Crippen LogP contribution < -0.4 is 11.1 Å². The number of hydrogen-bond acceptors (Lipinski definition) is 3. The molecule has 106 valence electrons. The van der Waals surface area contributed by atoms with Gasteiger partial charge in [-0.3, -0.25) is 4.79 Å². The van der Waals surface area contributed by atoms with E-state index in [2.05, 4.69) is 5.32 Å². The number of benzene rings is 2. The van der Waals surface area contributed by atoms with Gasteiger partial charge in [0, 0.05) is 16.3 Å². The van der Waals surface area contributed by atoms with Gasteiger partial charge in [0.25, 0.3) is 5.91 Å². The fourth-order valence-electron chi connectivity index (χ4n) is 2.26. The van der Waals surface area contributed by atoms with Gasteiger partial charge in [0.2, 0.25) is 0 Å². The summed E-state index contributed by atoms with van der Waals surface area (Å²) >= 11 is 1.64. The molecule has 0 radical (unpaired) electrons. The molecule has 3 nitrogen and oxygen atoms in total. The Hall–Kier alpha value is -2.27. The Morgan fingerprint density at radius 3 is 2.57 bits per heavy atom. The van der Waals surface area contributed by atoms with Crippen molar-refractivity contribution < 1.29 is 9.18 Å². The minimum absolute atomic E-state index is 0.344. The predicted octanol–water partition coefficient (Wildman–Crippen LogP) is 3.24. The van der Waals surface area contributed by atoms with Crippen molar-refractivity contribution in [3.8, 4) is 0 Å². The fraction of sp³-hybridized carbons (Fsp3) is 0.0625. The molecule has 3 N–H and O–H groups in total. The van der Waals surface area contributed by atoms with Crippen molar-refractivity contribution in [3.05, 3.63) is 65.6 Å². The van der Waals surface area contributed by atoms with E-state index >= 15 is 0 Å². The first-order chi connectivity index (χ1) is 10.1. The third kappa shape index (κ3) is 2.78. The molecule has 1 amide bonds. The molecule has 0 aliphatic carbocycles. The second-order valence-electron chi connectivity index (χ2n) is 4.63. The first-order valence-corrected chi connectivity index (χ1v) is 7.41. The zero-order valence-corrected chi connectivity index (χ0v) is 11.9. The minimum atomic E-state index is -0.524. The van der Waals surface area contributed by atoms with Crippen LogP contribution in [0.3, 0.4) is 0 Å². The van der Waals surface area contributed by atoms with E-state index in [-0.39, 0.29) is 5.82 Å². The average molecular weight is 300 g/mol. The van der Waals surface area contributed by atoms with Crippen LogP contribution in [0.15, 0.2) is 59.1 Å². The number of para-hydroxylation sites is 1. The van der Waals surface area contributed by atoms with Gasteiger partial charge < -0.3 is 11.1 Å². The largest absolute Gasteiger partial charge is 0.366 e. The highest BCUT2D eigenvalue weighted by molar-refractivity contribution is 7.99. The third-order valence-electron chi connectivity index (χ3n) is 3.23. The highest BCUT2D eigenvalue weighted by Crippen LogP contribution is 2.36. The van der Waals surface area contributed by atoms with E-state index in [0.29, 0.717) is 16.9 Å². The molecule has 0 fully saturated rings. The molecule has 0 bridgehead atoms. The lowest BCUT2D eigenvalue weighted by atomic mass is 10.0. The molecule has 0 saturated carbocycles. The quantitative estimate of drug-likeness (QED) is 0.837. The van der Waals surface area contributed by atoms with Crippen LogP contribution in [0, 0.1) is 5.82 Å². The first kappa shape index (κ1) is 13.7. The molecular formula is C16H13FN2OS. The standard InChI is InChI=1S/C16H13FN2OS/c17-11-7-5-10(6-8-11)15(16(18)20)13-9-21-14-4-2-1-3-12(14)19-13/h1-8,19H,9H2,(H2,18,20)/b15-13+. The van der Waals surface area contributed by atoms with Crippen molar-refractivity contribution in [2.75, 3.05) is 11.1 Å². The summed E-state index contributed by atoms with van der Waals surface area (Å²) in [5, 5.41) is 3.26. The lowest BCUT2D eigenvalue weighted by Gasteiger charge is -2.22. The van der Waals surface area contributed by atoms with Crippen molar-refractivity contribution in [2.24, 2.45) is 5.73 Å². The van der Waals surface area contributed by atoms with Gasteiger partial charge in [-0.15, -0.1) is 11.8 Å². The highest BCUT2D eigenvalue weighted by atomic mass is 32.2. The summed E-state index contributed by atoms with van der Waals surface area (Å²) in [6.45, 7) is 0. The number of halogens is 1. The van der Waals surface area contributed by atoms with Crippen LogP contribution in [0.1, 0.15) is 5.56 Å². The first-order valence-electron chi connectivity index (χ1n) is 6.43. The van der Waals surface area contributed by atoms with Crippen molar-refractivity contribution in [1.82, 2.24) is 0 Å². The summed E-state index contributed by atoms with van der Waals surface area (Å²) in [4.78, 5) is 12.9. The van der Waals surface area contributed by atoms with Crippen LogP contribution in [0.4, 0.5) is 10.1 Å². The predicted molar refractivity (Wildman–Crippen MR) is 83.3 cm³/mol. The zero-order valence-electron chi connectivity index (χ0n) is 11.1. The molecule has 0 atom stereocenters. The second-order valence-corrected chi connectivity index (χ2v) is 5.65. The fourth-order valence-corrected chi connectivity index (χ4v) is 3.23. The van der Waals surface area contributed by atoms with Gasteiger partial charge in [-0.05, 0) is 29.8 Å². The van der Waals surface area contributed by atoms with Crippen LogP contribution in [-0.2, 0) is 4.79 Å². The SMILES string of the molecule is NC(=O)/C(=C1\CSc2ccccc2N1)c1ccc(F)cc1. The number of hydrogen-bond donors (Lipinski definition) is 2. The number of rotatable bonds is 2. The van der Waals surface area contributed by atoms with Gasteiger partial charge in [0.1, 0.15) is 5.82 Å². The lowest BCUT2D eigenvalue weighted by Crippen LogP contribution is -2.20. The molecular weight excluding hydrogens is 287 g/mol. The summed E-state index contributed by atoms with van der Waals surface area (Å²) in [6, 6.07) is 13.6. The maximum Gasteiger partial charge on any atom is 0.251 e.